The number of nitrogens with zero attached hydrogens (tertiary/aromatic N) is 1. The number of thioether (sulfide) groups is 1. The number of hydrogen-bond acceptors (Lipinski definition) is 2. The van der Waals surface area contributed by atoms with E-state index in [0.29, 0.717) is 18.0 Å². The summed E-state index contributed by atoms with van der Waals surface area (Å²) in [4.78, 5) is 14.3. The van der Waals surface area contributed by atoms with Gasteiger partial charge in [-0.2, -0.15) is 0 Å². The van der Waals surface area contributed by atoms with Crippen LogP contribution in [-0.2, 0) is 11.3 Å². The summed E-state index contributed by atoms with van der Waals surface area (Å²) in [6.07, 6.45) is 0. The fourth-order valence-electron chi connectivity index (χ4n) is 2.02. The molecule has 0 bridgehead atoms. The van der Waals surface area contributed by atoms with Crippen LogP contribution in [0.4, 0.5) is 8.78 Å². The second kappa shape index (κ2) is 7.94. The van der Waals surface area contributed by atoms with E-state index in [9.17, 15) is 13.6 Å². The molecule has 2 rings (SSSR count). The maximum absolute atomic E-state index is 13.5. The highest BCUT2D eigenvalue weighted by Crippen LogP contribution is 2.21. The van der Waals surface area contributed by atoms with Crippen LogP contribution in [0.1, 0.15) is 12.5 Å². The van der Waals surface area contributed by atoms with Gasteiger partial charge in [0.05, 0.1) is 5.75 Å². The molecule has 0 spiro atoms. The van der Waals surface area contributed by atoms with Crippen molar-refractivity contribution in [1.82, 2.24) is 4.90 Å². The second-order valence-electron chi connectivity index (χ2n) is 4.76. The third-order valence-corrected chi connectivity index (χ3v) is 4.22. The van der Waals surface area contributed by atoms with Crippen molar-refractivity contribution in [3.8, 4) is 0 Å². The molecular formula is C17H17F2NOS. The van der Waals surface area contributed by atoms with Crippen LogP contribution >= 0.6 is 11.8 Å². The normalized spacial score (nSPS) is 10.5. The van der Waals surface area contributed by atoms with Crippen molar-refractivity contribution in [2.24, 2.45) is 0 Å². The lowest BCUT2D eigenvalue weighted by Crippen LogP contribution is -2.31. The number of carbonyl (C=O) groups is 1. The number of benzene rings is 2. The van der Waals surface area contributed by atoms with Gasteiger partial charge in [-0.1, -0.05) is 24.3 Å². The molecule has 22 heavy (non-hydrogen) atoms. The summed E-state index contributed by atoms with van der Waals surface area (Å²) in [6, 6.07) is 12.6. The average molecular weight is 321 g/mol. The fourth-order valence-corrected chi connectivity index (χ4v) is 2.87. The average Bonchev–Trinajstić information content (AvgIpc) is 2.51. The molecule has 0 aliphatic rings. The summed E-state index contributed by atoms with van der Waals surface area (Å²) >= 11 is 1.17. The lowest BCUT2D eigenvalue weighted by molar-refractivity contribution is -0.128. The van der Waals surface area contributed by atoms with Gasteiger partial charge in [0, 0.05) is 18.0 Å². The molecule has 0 unspecified atom stereocenters. The monoisotopic (exact) mass is 321 g/mol. The van der Waals surface area contributed by atoms with Gasteiger partial charge >= 0.3 is 0 Å². The highest BCUT2D eigenvalue weighted by molar-refractivity contribution is 8.00. The van der Waals surface area contributed by atoms with Gasteiger partial charge in [0.25, 0.3) is 0 Å². The molecule has 0 N–H and O–H groups in total. The molecule has 0 radical (unpaired) electrons. The first kappa shape index (κ1) is 16.5. The molecule has 0 fully saturated rings. The van der Waals surface area contributed by atoms with E-state index in [1.807, 2.05) is 6.92 Å². The van der Waals surface area contributed by atoms with Crippen LogP contribution in [0.15, 0.2) is 53.4 Å². The van der Waals surface area contributed by atoms with E-state index in [1.54, 1.807) is 35.2 Å². The zero-order valence-corrected chi connectivity index (χ0v) is 13.1. The highest BCUT2D eigenvalue weighted by Gasteiger charge is 2.14. The van der Waals surface area contributed by atoms with Gasteiger partial charge in [0.2, 0.25) is 5.91 Å². The van der Waals surface area contributed by atoms with Crippen molar-refractivity contribution in [2.45, 2.75) is 18.4 Å². The van der Waals surface area contributed by atoms with E-state index in [-0.39, 0.29) is 23.3 Å². The highest BCUT2D eigenvalue weighted by atomic mass is 32.2. The summed E-state index contributed by atoms with van der Waals surface area (Å²) in [7, 11) is 0. The molecule has 5 heteroatoms. The Morgan fingerprint density at radius 2 is 1.91 bits per heavy atom. The van der Waals surface area contributed by atoms with Gasteiger partial charge < -0.3 is 4.90 Å². The minimum Gasteiger partial charge on any atom is -0.338 e. The zero-order valence-electron chi connectivity index (χ0n) is 12.3. The van der Waals surface area contributed by atoms with Crippen LogP contribution in [-0.4, -0.2) is 23.1 Å². The molecule has 116 valence electrons. The minimum atomic E-state index is -0.325. The molecule has 2 aromatic rings. The Hall–Kier alpha value is -1.88. The van der Waals surface area contributed by atoms with Crippen LogP contribution < -0.4 is 0 Å². The Balaban J connectivity index is 1.96. The van der Waals surface area contributed by atoms with Gasteiger partial charge in [0.1, 0.15) is 11.6 Å². The Morgan fingerprint density at radius 1 is 1.14 bits per heavy atom. The molecule has 2 aromatic carbocycles. The van der Waals surface area contributed by atoms with Gasteiger partial charge in [-0.3, -0.25) is 4.79 Å². The van der Waals surface area contributed by atoms with Crippen molar-refractivity contribution in [3.63, 3.8) is 0 Å². The summed E-state index contributed by atoms with van der Waals surface area (Å²) in [5, 5.41) is 0. The Kier molecular flexibility index (Phi) is 5.95. The number of amides is 1. The Labute approximate surface area is 133 Å². The van der Waals surface area contributed by atoms with Crippen molar-refractivity contribution in [3.05, 3.63) is 65.7 Å². The third-order valence-electron chi connectivity index (χ3n) is 3.18. The van der Waals surface area contributed by atoms with Gasteiger partial charge in [-0.05, 0) is 36.8 Å². The molecule has 0 saturated carbocycles. The van der Waals surface area contributed by atoms with Crippen LogP contribution in [0.25, 0.3) is 0 Å². The van der Waals surface area contributed by atoms with E-state index in [0.717, 1.165) is 5.56 Å². The molecule has 0 saturated heterocycles. The van der Waals surface area contributed by atoms with E-state index in [2.05, 4.69) is 0 Å². The lowest BCUT2D eigenvalue weighted by atomic mass is 10.2. The number of hydrogen-bond donors (Lipinski definition) is 0. The largest absolute Gasteiger partial charge is 0.338 e. The van der Waals surface area contributed by atoms with Crippen molar-refractivity contribution >= 4 is 17.7 Å². The molecule has 0 aliphatic heterocycles. The smallest absolute Gasteiger partial charge is 0.233 e. The number of rotatable bonds is 6. The molecular weight excluding hydrogens is 304 g/mol. The van der Waals surface area contributed by atoms with Crippen molar-refractivity contribution in [2.75, 3.05) is 12.3 Å². The second-order valence-corrected chi connectivity index (χ2v) is 5.77. The maximum Gasteiger partial charge on any atom is 0.233 e. The molecule has 0 atom stereocenters. The zero-order chi connectivity index (χ0) is 15.9. The summed E-state index contributed by atoms with van der Waals surface area (Å²) < 4.78 is 26.7. The SMILES string of the molecule is CCN(Cc1cccc(F)c1)C(=O)CSc1ccccc1F. The van der Waals surface area contributed by atoms with Gasteiger partial charge in [-0.15, -0.1) is 11.8 Å². The molecule has 1 amide bonds. The minimum absolute atomic E-state index is 0.0972. The summed E-state index contributed by atoms with van der Waals surface area (Å²) in [6.45, 7) is 2.74. The van der Waals surface area contributed by atoms with E-state index in [1.165, 1.54) is 30.0 Å². The van der Waals surface area contributed by atoms with Crippen molar-refractivity contribution < 1.29 is 13.6 Å². The molecule has 0 heterocycles. The predicted molar refractivity (Wildman–Crippen MR) is 84.6 cm³/mol. The van der Waals surface area contributed by atoms with Crippen LogP contribution in [0.5, 0.6) is 0 Å². The quantitative estimate of drug-likeness (QED) is 0.747. The molecule has 0 aliphatic carbocycles. The van der Waals surface area contributed by atoms with E-state index in [4.69, 9.17) is 0 Å². The van der Waals surface area contributed by atoms with Crippen LogP contribution in [0.3, 0.4) is 0 Å². The Bertz CT molecular complexity index is 648. The van der Waals surface area contributed by atoms with Crippen LogP contribution in [0.2, 0.25) is 0 Å². The summed E-state index contributed by atoms with van der Waals surface area (Å²) in [5.41, 5.74) is 0.742. The number of halogens is 2. The topological polar surface area (TPSA) is 20.3 Å². The van der Waals surface area contributed by atoms with Gasteiger partial charge in [-0.25, -0.2) is 8.78 Å². The first-order valence-electron chi connectivity index (χ1n) is 6.99. The summed E-state index contributed by atoms with van der Waals surface area (Å²) in [5.74, 6) is -0.584. The fraction of sp³-hybridized carbons (Fsp3) is 0.235. The van der Waals surface area contributed by atoms with Crippen molar-refractivity contribution in [1.29, 1.82) is 0 Å². The van der Waals surface area contributed by atoms with E-state index < -0.39 is 0 Å². The number of carbonyl (C=O) groups excluding carboxylic acids is 1. The standard InChI is InChI=1S/C17H17F2NOS/c1-2-20(11-13-6-5-7-14(18)10-13)17(21)12-22-16-9-4-3-8-15(16)19/h3-10H,2,11-12H2,1H3. The van der Waals surface area contributed by atoms with Crippen LogP contribution in [0, 0.1) is 11.6 Å². The first-order valence-corrected chi connectivity index (χ1v) is 7.98. The first-order chi connectivity index (χ1) is 10.6. The Morgan fingerprint density at radius 3 is 2.59 bits per heavy atom. The molecule has 2 nitrogen and oxygen atoms in total. The maximum atomic E-state index is 13.5. The molecule has 0 aromatic heterocycles. The lowest BCUT2D eigenvalue weighted by Gasteiger charge is -2.21. The predicted octanol–water partition coefficient (Wildman–Crippen LogP) is 4.11. The third kappa shape index (κ3) is 4.56. The van der Waals surface area contributed by atoms with Gasteiger partial charge in [0.15, 0.2) is 0 Å². The van der Waals surface area contributed by atoms with E-state index >= 15 is 0 Å².